The topological polar surface area (TPSA) is 31.7 Å². The third-order valence-electron chi connectivity index (χ3n) is 4.95. The van der Waals surface area contributed by atoms with Crippen LogP contribution in [-0.4, -0.2) is 49.1 Å². The number of aryl methyl sites for hydroxylation is 1. The molecule has 2 aliphatic rings. The minimum atomic E-state index is 0.712. The fourth-order valence-electron chi connectivity index (χ4n) is 3.20. The fraction of sp³-hybridized carbons (Fsp3) is 0.765. The summed E-state index contributed by atoms with van der Waals surface area (Å²) in [6.07, 6.45) is 5.21. The molecular formula is C17H29N3O. The van der Waals surface area contributed by atoms with Gasteiger partial charge in [0.1, 0.15) is 11.5 Å². The van der Waals surface area contributed by atoms with Crippen LogP contribution in [0.1, 0.15) is 42.8 Å². The maximum Gasteiger partial charge on any atom is 0.118 e. The number of hydrogen-bond acceptors (Lipinski definition) is 4. The summed E-state index contributed by atoms with van der Waals surface area (Å²) in [4.78, 5) is 4.93. The Morgan fingerprint density at radius 1 is 1.29 bits per heavy atom. The van der Waals surface area contributed by atoms with Gasteiger partial charge in [-0.2, -0.15) is 0 Å². The Morgan fingerprint density at radius 3 is 2.67 bits per heavy atom. The fourth-order valence-corrected chi connectivity index (χ4v) is 3.20. The number of furan rings is 1. The van der Waals surface area contributed by atoms with Crippen LogP contribution in [0.4, 0.5) is 0 Å². The third kappa shape index (κ3) is 4.09. The monoisotopic (exact) mass is 291 g/mol. The summed E-state index contributed by atoms with van der Waals surface area (Å²) in [5.41, 5.74) is 1.35. The molecule has 0 radical (unpaired) electrons. The standard InChI is InChI=1S/C17H29N3O/c1-13-14(10-17(21-13)11-18-15-4-5-15)12-20(3)16-6-8-19(2)9-7-16/h10,15-16,18H,4-9,11-12H2,1-3H3. The minimum Gasteiger partial charge on any atom is -0.465 e. The molecule has 118 valence electrons. The molecule has 3 rings (SSSR count). The first kappa shape index (κ1) is 15.1. The van der Waals surface area contributed by atoms with Gasteiger partial charge in [-0.3, -0.25) is 4.90 Å². The lowest BCUT2D eigenvalue weighted by Gasteiger charge is -2.35. The van der Waals surface area contributed by atoms with Gasteiger partial charge >= 0.3 is 0 Å². The summed E-state index contributed by atoms with van der Waals surface area (Å²) < 4.78 is 5.90. The second-order valence-corrected chi connectivity index (χ2v) is 6.90. The maximum atomic E-state index is 5.90. The second kappa shape index (κ2) is 6.51. The zero-order valence-corrected chi connectivity index (χ0v) is 13.7. The van der Waals surface area contributed by atoms with E-state index in [9.17, 15) is 0 Å². The van der Waals surface area contributed by atoms with Crippen molar-refractivity contribution in [1.29, 1.82) is 0 Å². The van der Waals surface area contributed by atoms with Gasteiger partial charge in [0.25, 0.3) is 0 Å². The lowest BCUT2D eigenvalue weighted by atomic mass is 10.0. The van der Waals surface area contributed by atoms with E-state index < -0.39 is 0 Å². The Bertz CT molecular complexity index is 459. The van der Waals surface area contributed by atoms with Crippen LogP contribution in [0.2, 0.25) is 0 Å². The van der Waals surface area contributed by atoms with Crippen molar-refractivity contribution in [3.05, 3.63) is 23.2 Å². The Kier molecular flexibility index (Phi) is 4.67. The molecule has 1 aromatic heterocycles. The van der Waals surface area contributed by atoms with Gasteiger partial charge in [0.2, 0.25) is 0 Å². The molecule has 0 bridgehead atoms. The van der Waals surface area contributed by atoms with Gasteiger partial charge in [-0.05, 0) is 65.9 Å². The minimum absolute atomic E-state index is 0.712. The van der Waals surface area contributed by atoms with E-state index in [1.165, 1.54) is 44.3 Å². The molecule has 0 unspecified atom stereocenters. The normalized spacial score (nSPS) is 21.3. The maximum absolute atomic E-state index is 5.90. The second-order valence-electron chi connectivity index (χ2n) is 6.90. The lowest BCUT2D eigenvalue weighted by molar-refractivity contribution is 0.139. The molecule has 1 aromatic rings. The van der Waals surface area contributed by atoms with Gasteiger partial charge in [0.15, 0.2) is 0 Å². The Balaban J connectivity index is 1.53. The summed E-state index contributed by atoms with van der Waals surface area (Å²) in [5.74, 6) is 2.17. The first-order valence-corrected chi connectivity index (χ1v) is 8.32. The molecule has 0 atom stereocenters. The molecule has 0 aromatic carbocycles. The highest BCUT2D eigenvalue weighted by atomic mass is 16.3. The van der Waals surface area contributed by atoms with Gasteiger partial charge in [-0.15, -0.1) is 0 Å². The van der Waals surface area contributed by atoms with Crippen LogP contribution in [0.25, 0.3) is 0 Å². The summed E-state index contributed by atoms with van der Waals surface area (Å²) in [5, 5.41) is 3.52. The van der Waals surface area contributed by atoms with Gasteiger partial charge in [-0.25, -0.2) is 0 Å². The average Bonchev–Trinajstić information content (AvgIpc) is 3.23. The predicted molar refractivity (Wildman–Crippen MR) is 85.3 cm³/mol. The van der Waals surface area contributed by atoms with Crippen LogP contribution in [0.3, 0.4) is 0 Å². The molecular weight excluding hydrogens is 262 g/mol. The highest BCUT2D eigenvalue weighted by Crippen LogP contribution is 2.22. The molecule has 1 saturated carbocycles. The van der Waals surface area contributed by atoms with Crippen LogP contribution < -0.4 is 5.32 Å². The molecule has 2 fully saturated rings. The van der Waals surface area contributed by atoms with E-state index in [0.717, 1.165) is 30.7 Å². The SMILES string of the molecule is Cc1oc(CNC2CC2)cc1CN(C)C1CCN(C)CC1. The molecule has 4 heteroatoms. The van der Waals surface area contributed by atoms with Crippen LogP contribution >= 0.6 is 0 Å². The van der Waals surface area contributed by atoms with Crippen molar-refractivity contribution >= 4 is 0 Å². The van der Waals surface area contributed by atoms with Crippen LogP contribution in [0.5, 0.6) is 0 Å². The average molecular weight is 291 g/mol. The Labute approximate surface area is 128 Å². The molecule has 1 N–H and O–H groups in total. The largest absolute Gasteiger partial charge is 0.465 e. The summed E-state index contributed by atoms with van der Waals surface area (Å²) >= 11 is 0. The van der Waals surface area contributed by atoms with E-state index in [2.05, 4.69) is 42.2 Å². The Hall–Kier alpha value is -0.840. The van der Waals surface area contributed by atoms with Crippen LogP contribution in [0.15, 0.2) is 10.5 Å². The van der Waals surface area contributed by atoms with Gasteiger partial charge in [-0.1, -0.05) is 0 Å². The van der Waals surface area contributed by atoms with E-state index in [-0.39, 0.29) is 0 Å². The van der Waals surface area contributed by atoms with Crippen molar-refractivity contribution in [1.82, 2.24) is 15.1 Å². The van der Waals surface area contributed by atoms with Crippen molar-refractivity contribution in [2.75, 3.05) is 27.2 Å². The van der Waals surface area contributed by atoms with Gasteiger partial charge < -0.3 is 14.6 Å². The van der Waals surface area contributed by atoms with Crippen molar-refractivity contribution < 1.29 is 4.42 Å². The van der Waals surface area contributed by atoms with Crippen LogP contribution in [0, 0.1) is 6.92 Å². The van der Waals surface area contributed by atoms with E-state index >= 15 is 0 Å². The molecule has 0 spiro atoms. The van der Waals surface area contributed by atoms with Crippen molar-refractivity contribution in [2.45, 2.75) is 57.8 Å². The highest BCUT2D eigenvalue weighted by Gasteiger charge is 2.23. The van der Waals surface area contributed by atoms with Crippen molar-refractivity contribution in [3.8, 4) is 0 Å². The van der Waals surface area contributed by atoms with Gasteiger partial charge in [0, 0.05) is 24.2 Å². The van der Waals surface area contributed by atoms with E-state index in [4.69, 9.17) is 4.42 Å². The first-order valence-electron chi connectivity index (χ1n) is 8.32. The summed E-state index contributed by atoms with van der Waals surface area (Å²) in [6.45, 7) is 6.42. The number of likely N-dealkylation sites (tertiary alicyclic amines) is 1. The highest BCUT2D eigenvalue weighted by molar-refractivity contribution is 5.21. The molecule has 1 aliphatic heterocycles. The van der Waals surface area contributed by atoms with E-state index in [0.29, 0.717) is 6.04 Å². The number of piperidine rings is 1. The number of nitrogens with one attached hydrogen (secondary N) is 1. The number of nitrogens with zero attached hydrogens (tertiary/aromatic N) is 2. The zero-order valence-electron chi connectivity index (χ0n) is 13.7. The number of rotatable bonds is 6. The quantitative estimate of drug-likeness (QED) is 0.872. The molecule has 1 saturated heterocycles. The molecule has 21 heavy (non-hydrogen) atoms. The van der Waals surface area contributed by atoms with E-state index in [1.54, 1.807) is 0 Å². The van der Waals surface area contributed by atoms with E-state index in [1.807, 2.05) is 0 Å². The zero-order chi connectivity index (χ0) is 14.8. The molecule has 1 aliphatic carbocycles. The molecule has 2 heterocycles. The Morgan fingerprint density at radius 2 is 2.00 bits per heavy atom. The molecule has 4 nitrogen and oxygen atoms in total. The van der Waals surface area contributed by atoms with Crippen molar-refractivity contribution in [2.24, 2.45) is 0 Å². The summed E-state index contributed by atoms with van der Waals surface area (Å²) in [7, 11) is 4.47. The lowest BCUT2D eigenvalue weighted by Crippen LogP contribution is -2.41. The van der Waals surface area contributed by atoms with Crippen molar-refractivity contribution in [3.63, 3.8) is 0 Å². The van der Waals surface area contributed by atoms with Gasteiger partial charge in [0.05, 0.1) is 6.54 Å². The van der Waals surface area contributed by atoms with Crippen LogP contribution in [-0.2, 0) is 13.1 Å². The third-order valence-corrected chi connectivity index (χ3v) is 4.95. The molecule has 0 amide bonds. The first-order chi connectivity index (χ1) is 10.1. The summed E-state index contributed by atoms with van der Waals surface area (Å²) in [6, 6.07) is 3.69. The predicted octanol–water partition coefficient (Wildman–Crippen LogP) is 2.37. The smallest absolute Gasteiger partial charge is 0.118 e. The number of hydrogen-bond donors (Lipinski definition) is 1.